The highest BCUT2D eigenvalue weighted by molar-refractivity contribution is 9.10. The maximum Gasteiger partial charge on any atom is 0.135 e. The lowest BCUT2D eigenvalue weighted by molar-refractivity contribution is 0.412. The molecule has 0 bridgehead atoms. The van der Waals surface area contributed by atoms with E-state index in [4.69, 9.17) is 4.74 Å². The molecule has 0 unspecified atom stereocenters. The third kappa shape index (κ3) is 3.80. The second-order valence-corrected chi connectivity index (χ2v) is 5.85. The smallest absolute Gasteiger partial charge is 0.135 e. The van der Waals surface area contributed by atoms with E-state index in [0.717, 1.165) is 34.7 Å². The molecule has 108 valence electrons. The monoisotopic (exact) mass is 338 g/mol. The average Bonchev–Trinajstić information content (AvgIpc) is 2.87. The fourth-order valence-electron chi connectivity index (χ4n) is 1.79. The number of hydrogen-bond acceptors (Lipinski definition) is 4. The third-order valence-electron chi connectivity index (χ3n) is 2.80. The van der Waals surface area contributed by atoms with Crippen molar-refractivity contribution in [3.63, 3.8) is 0 Å². The predicted octanol–water partition coefficient (Wildman–Crippen LogP) is 2.78. The Kier molecular flexibility index (Phi) is 5.14. The quantitative estimate of drug-likeness (QED) is 0.879. The molecule has 0 aliphatic heterocycles. The molecule has 0 atom stereocenters. The van der Waals surface area contributed by atoms with Crippen molar-refractivity contribution in [1.29, 1.82) is 0 Å². The van der Waals surface area contributed by atoms with E-state index < -0.39 is 0 Å². The van der Waals surface area contributed by atoms with Gasteiger partial charge in [-0.25, -0.2) is 4.68 Å². The molecule has 1 aromatic heterocycles. The fraction of sp³-hybridized carbons (Fsp3) is 0.429. The largest absolute Gasteiger partial charge is 0.495 e. The number of nitrogens with one attached hydrogen (secondary N) is 1. The highest BCUT2D eigenvalue weighted by Gasteiger charge is 2.06. The van der Waals surface area contributed by atoms with E-state index in [0.29, 0.717) is 5.92 Å². The van der Waals surface area contributed by atoms with Gasteiger partial charge in [0, 0.05) is 12.6 Å². The first-order chi connectivity index (χ1) is 9.60. The standard InChI is InChI=1S/C14H19BrN4O/c1-10(2)7-16-8-11-9-19(18-17-11)12-4-5-13(15)14(6-12)20-3/h4-6,9-10,16H,7-8H2,1-3H3. The molecule has 0 aliphatic rings. The lowest BCUT2D eigenvalue weighted by Crippen LogP contribution is -2.19. The molecule has 20 heavy (non-hydrogen) atoms. The van der Waals surface area contributed by atoms with Gasteiger partial charge >= 0.3 is 0 Å². The maximum atomic E-state index is 5.28. The van der Waals surface area contributed by atoms with E-state index in [1.165, 1.54) is 0 Å². The van der Waals surface area contributed by atoms with Gasteiger partial charge in [-0.3, -0.25) is 0 Å². The minimum absolute atomic E-state index is 0.626. The molecule has 0 amide bonds. The number of halogens is 1. The SMILES string of the molecule is COc1cc(-n2cc(CNCC(C)C)nn2)ccc1Br. The zero-order valence-electron chi connectivity index (χ0n) is 11.9. The zero-order valence-corrected chi connectivity index (χ0v) is 13.5. The molecule has 0 saturated heterocycles. The lowest BCUT2D eigenvalue weighted by atomic mass is 10.2. The van der Waals surface area contributed by atoms with Crippen molar-refractivity contribution in [2.75, 3.05) is 13.7 Å². The minimum Gasteiger partial charge on any atom is -0.495 e. The normalized spacial score (nSPS) is 11.1. The Morgan fingerprint density at radius 3 is 2.90 bits per heavy atom. The number of nitrogens with zero attached hydrogens (tertiary/aromatic N) is 3. The van der Waals surface area contributed by atoms with Gasteiger partial charge in [0.25, 0.3) is 0 Å². The van der Waals surface area contributed by atoms with Gasteiger partial charge in [-0.1, -0.05) is 19.1 Å². The molecule has 1 N–H and O–H groups in total. The maximum absolute atomic E-state index is 5.28. The summed E-state index contributed by atoms with van der Waals surface area (Å²) >= 11 is 3.44. The molecule has 2 aromatic rings. The van der Waals surface area contributed by atoms with Crippen molar-refractivity contribution in [1.82, 2.24) is 20.3 Å². The molecular formula is C14H19BrN4O. The van der Waals surface area contributed by atoms with Crippen LogP contribution in [0.15, 0.2) is 28.9 Å². The van der Waals surface area contributed by atoms with Crippen LogP contribution in [0.2, 0.25) is 0 Å². The van der Waals surface area contributed by atoms with E-state index in [2.05, 4.69) is 45.4 Å². The first-order valence-electron chi connectivity index (χ1n) is 6.56. The van der Waals surface area contributed by atoms with Crippen LogP contribution < -0.4 is 10.1 Å². The molecule has 0 saturated carbocycles. The van der Waals surface area contributed by atoms with Gasteiger partial charge in [0.2, 0.25) is 0 Å². The van der Waals surface area contributed by atoms with Crippen LogP contribution in [-0.2, 0) is 6.54 Å². The van der Waals surface area contributed by atoms with Crippen molar-refractivity contribution in [3.8, 4) is 11.4 Å². The lowest BCUT2D eigenvalue weighted by Gasteiger charge is -2.06. The van der Waals surface area contributed by atoms with Crippen molar-refractivity contribution < 1.29 is 4.74 Å². The van der Waals surface area contributed by atoms with E-state index in [9.17, 15) is 0 Å². The Labute approximate surface area is 127 Å². The summed E-state index contributed by atoms with van der Waals surface area (Å²) in [4.78, 5) is 0. The Morgan fingerprint density at radius 2 is 2.20 bits per heavy atom. The van der Waals surface area contributed by atoms with Gasteiger partial charge in [-0.2, -0.15) is 0 Å². The van der Waals surface area contributed by atoms with Crippen molar-refractivity contribution in [2.24, 2.45) is 5.92 Å². The second-order valence-electron chi connectivity index (χ2n) is 5.00. The van der Waals surface area contributed by atoms with Crippen molar-refractivity contribution in [2.45, 2.75) is 20.4 Å². The summed E-state index contributed by atoms with van der Waals surface area (Å²) in [5, 5.41) is 11.7. The highest BCUT2D eigenvalue weighted by Crippen LogP contribution is 2.26. The minimum atomic E-state index is 0.626. The van der Waals surface area contributed by atoms with Crippen LogP contribution in [0.1, 0.15) is 19.5 Å². The molecule has 5 nitrogen and oxygen atoms in total. The number of aromatic nitrogens is 3. The summed E-state index contributed by atoms with van der Waals surface area (Å²) in [6, 6.07) is 5.82. The Bertz CT molecular complexity index is 568. The molecule has 0 spiro atoms. The first kappa shape index (κ1) is 15.0. The molecule has 1 aromatic carbocycles. The van der Waals surface area contributed by atoms with Gasteiger partial charge in [0.1, 0.15) is 5.75 Å². The van der Waals surface area contributed by atoms with Gasteiger partial charge in [-0.05, 0) is 40.5 Å². The summed E-state index contributed by atoms with van der Waals surface area (Å²) in [6.07, 6.45) is 1.93. The van der Waals surface area contributed by atoms with Crippen LogP contribution in [0.25, 0.3) is 5.69 Å². The summed E-state index contributed by atoms with van der Waals surface area (Å²) in [6.45, 7) is 6.06. The van der Waals surface area contributed by atoms with Crippen molar-refractivity contribution in [3.05, 3.63) is 34.6 Å². The van der Waals surface area contributed by atoms with Crippen LogP contribution in [0, 0.1) is 5.92 Å². The summed E-state index contributed by atoms with van der Waals surface area (Å²) < 4.78 is 7.95. The van der Waals surface area contributed by atoms with E-state index in [1.807, 2.05) is 24.4 Å². The van der Waals surface area contributed by atoms with E-state index >= 15 is 0 Å². The molecule has 6 heteroatoms. The Hall–Kier alpha value is -1.40. The fourth-order valence-corrected chi connectivity index (χ4v) is 2.19. The van der Waals surface area contributed by atoms with Gasteiger partial charge < -0.3 is 10.1 Å². The summed E-state index contributed by atoms with van der Waals surface area (Å²) in [7, 11) is 1.65. The number of methoxy groups -OCH3 is 1. The molecule has 0 radical (unpaired) electrons. The number of ether oxygens (including phenoxy) is 1. The first-order valence-corrected chi connectivity index (χ1v) is 7.35. The highest BCUT2D eigenvalue weighted by atomic mass is 79.9. The molecule has 0 aliphatic carbocycles. The summed E-state index contributed by atoms with van der Waals surface area (Å²) in [5.41, 5.74) is 1.85. The van der Waals surface area contributed by atoms with Gasteiger partial charge in [0.15, 0.2) is 0 Å². The van der Waals surface area contributed by atoms with Crippen LogP contribution in [0.4, 0.5) is 0 Å². The second kappa shape index (κ2) is 6.85. The van der Waals surface area contributed by atoms with Crippen LogP contribution in [0.5, 0.6) is 5.75 Å². The number of hydrogen-bond donors (Lipinski definition) is 1. The predicted molar refractivity (Wildman–Crippen MR) is 82.2 cm³/mol. The van der Waals surface area contributed by atoms with Gasteiger partial charge in [-0.15, -0.1) is 5.10 Å². The Morgan fingerprint density at radius 1 is 1.40 bits per heavy atom. The number of rotatable bonds is 6. The zero-order chi connectivity index (χ0) is 14.5. The summed E-state index contributed by atoms with van der Waals surface area (Å²) in [5.74, 6) is 1.40. The molecular weight excluding hydrogens is 320 g/mol. The Balaban J connectivity index is 2.08. The topological polar surface area (TPSA) is 52.0 Å². The molecule has 0 fully saturated rings. The van der Waals surface area contributed by atoms with E-state index in [1.54, 1.807) is 11.8 Å². The van der Waals surface area contributed by atoms with Crippen LogP contribution in [-0.4, -0.2) is 28.6 Å². The van der Waals surface area contributed by atoms with E-state index in [-0.39, 0.29) is 0 Å². The third-order valence-corrected chi connectivity index (χ3v) is 3.45. The number of benzene rings is 1. The van der Waals surface area contributed by atoms with Gasteiger partial charge in [0.05, 0.1) is 29.2 Å². The molecule has 1 heterocycles. The average molecular weight is 339 g/mol. The van der Waals surface area contributed by atoms with Crippen LogP contribution in [0.3, 0.4) is 0 Å². The molecule has 2 rings (SSSR count). The van der Waals surface area contributed by atoms with Crippen LogP contribution >= 0.6 is 15.9 Å². The van der Waals surface area contributed by atoms with Crippen molar-refractivity contribution >= 4 is 15.9 Å².